The van der Waals surface area contributed by atoms with Crippen LogP contribution in [0.2, 0.25) is 0 Å². The summed E-state index contributed by atoms with van der Waals surface area (Å²) in [5.41, 5.74) is 1.93. The molecule has 1 fully saturated rings. The molecule has 2 aromatic rings. The molecule has 0 atom stereocenters. The molecule has 2 heterocycles. The summed E-state index contributed by atoms with van der Waals surface area (Å²) in [6.07, 6.45) is 0.130. The fourth-order valence-corrected chi connectivity index (χ4v) is 2.54. The Hall–Kier alpha value is -2.12. The van der Waals surface area contributed by atoms with Gasteiger partial charge >= 0.3 is 0 Å². The summed E-state index contributed by atoms with van der Waals surface area (Å²) >= 11 is 0. The first-order valence-electron chi connectivity index (χ1n) is 8.23. The lowest BCUT2D eigenvalue weighted by Crippen LogP contribution is -2.48. The maximum Gasteiger partial charge on any atom is 0.273 e. The third kappa shape index (κ3) is 4.49. The van der Waals surface area contributed by atoms with Gasteiger partial charge in [0.25, 0.3) is 5.91 Å². The fourth-order valence-electron chi connectivity index (χ4n) is 2.54. The molecule has 1 aromatic carbocycles. The zero-order chi connectivity index (χ0) is 17.1. The highest BCUT2D eigenvalue weighted by atomic mass is 35.5. The average Bonchev–Trinajstić information content (AvgIpc) is 2.87. The molecule has 1 saturated heterocycles. The second kappa shape index (κ2) is 8.31. The largest absolute Gasteiger partial charge is 0.491 e. The second-order valence-corrected chi connectivity index (χ2v) is 6.33. The van der Waals surface area contributed by atoms with Crippen molar-refractivity contribution in [2.24, 2.45) is 5.92 Å². The summed E-state index contributed by atoms with van der Waals surface area (Å²) in [6.45, 7) is 8.39. The van der Waals surface area contributed by atoms with Gasteiger partial charge < -0.3 is 15.4 Å². The van der Waals surface area contributed by atoms with Gasteiger partial charge in [0.15, 0.2) is 5.69 Å². The van der Waals surface area contributed by atoms with Crippen LogP contribution in [0.4, 0.5) is 0 Å². The summed E-state index contributed by atoms with van der Waals surface area (Å²) < 4.78 is 7.30. The number of hydrogen-bond acceptors (Lipinski definition) is 5. The Balaban J connectivity index is 0.00000225. The van der Waals surface area contributed by atoms with Crippen molar-refractivity contribution in [1.82, 2.24) is 25.6 Å². The van der Waals surface area contributed by atoms with Crippen molar-refractivity contribution in [3.05, 3.63) is 35.7 Å². The van der Waals surface area contributed by atoms with Gasteiger partial charge in [-0.05, 0) is 45.0 Å². The molecule has 1 aliphatic rings. The van der Waals surface area contributed by atoms with Crippen LogP contribution >= 0.6 is 12.4 Å². The van der Waals surface area contributed by atoms with Crippen LogP contribution in [-0.2, 0) is 0 Å². The van der Waals surface area contributed by atoms with Gasteiger partial charge in [-0.2, -0.15) is 0 Å². The van der Waals surface area contributed by atoms with Crippen LogP contribution in [0.25, 0.3) is 5.69 Å². The highest BCUT2D eigenvalue weighted by molar-refractivity contribution is 5.93. The Bertz CT molecular complexity index is 710. The van der Waals surface area contributed by atoms with Crippen LogP contribution in [0.3, 0.4) is 0 Å². The van der Waals surface area contributed by atoms with E-state index in [2.05, 4.69) is 20.9 Å². The van der Waals surface area contributed by atoms with Crippen molar-refractivity contribution in [3.8, 4) is 11.4 Å². The van der Waals surface area contributed by atoms with Gasteiger partial charge in [0.05, 0.1) is 17.5 Å². The highest BCUT2D eigenvalue weighted by Crippen LogP contribution is 2.18. The summed E-state index contributed by atoms with van der Waals surface area (Å²) in [5, 5.41) is 14.3. The van der Waals surface area contributed by atoms with Gasteiger partial charge in [-0.1, -0.05) is 5.21 Å². The van der Waals surface area contributed by atoms with Crippen LogP contribution in [0.15, 0.2) is 24.3 Å². The van der Waals surface area contributed by atoms with Crippen molar-refractivity contribution in [2.75, 3.05) is 19.6 Å². The van der Waals surface area contributed by atoms with Crippen LogP contribution in [0.1, 0.15) is 30.0 Å². The summed E-state index contributed by atoms with van der Waals surface area (Å²) in [7, 11) is 0. The van der Waals surface area contributed by atoms with E-state index in [1.54, 1.807) is 4.68 Å². The minimum absolute atomic E-state index is 0. The van der Waals surface area contributed by atoms with E-state index in [1.807, 2.05) is 45.0 Å². The third-order valence-electron chi connectivity index (χ3n) is 3.98. The lowest BCUT2D eigenvalue weighted by atomic mass is 10.0. The van der Waals surface area contributed by atoms with Gasteiger partial charge in [-0.15, -0.1) is 17.5 Å². The molecule has 0 spiro atoms. The molecular weight excluding hydrogens is 342 g/mol. The Morgan fingerprint density at radius 3 is 2.60 bits per heavy atom. The van der Waals surface area contributed by atoms with Gasteiger partial charge in [-0.25, -0.2) is 4.68 Å². The van der Waals surface area contributed by atoms with E-state index in [-0.39, 0.29) is 24.4 Å². The van der Waals surface area contributed by atoms with Gasteiger partial charge in [0.1, 0.15) is 5.75 Å². The number of halogens is 1. The topological polar surface area (TPSA) is 81.1 Å². The number of ether oxygens (including phenoxy) is 1. The van der Waals surface area contributed by atoms with E-state index in [0.717, 1.165) is 30.2 Å². The molecule has 8 heteroatoms. The number of hydrogen-bond donors (Lipinski definition) is 2. The smallest absolute Gasteiger partial charge is 0.273 e. The molecule has 1 aromatic heterocycles. The summed E-state index contributed by atoms with van der Waals surface area (Å²) in [6, 6.07) is 7.59. The molecule has 1 aliphatic heterocycles. The number of carbonyl (C=O) groups is 1. The first-order chi connectivity index (χ1) is 11.5. The van der Waals surface area contributed by atoms with Crippen molar-refractivity contribution >= 4 is 18.3 Å². The third-order valence-corrected chi connectivity index (χ3v) is 3.98. The van der Waals surface area contributed by atoms with E-state index < -0.39 is 0 Å². The van der Waals surface area contributed by atoms with Gasteiger partial charge in [0.2, 0.25) is 0 Å². The van der Waals surface area contributed by atoms with E-state index in [0.29, 0.717) is 18.2 Å². The molecule has 7 nitrogen and oxygen atoms in total. The minimum atomic E-state index is -0.176. The number of aromatic nitrogens is 3. The van der Waals surface area contributed by atoms with Crippen LogP contribution < -0.4 is 15.4 Å². The van der Waals surface area contributed by atoms with Crippen LogP contribution in [0.5, 0.6) is 5.75 Å². The normalized spacial score (nSPS) is 13.9. The first kappa shape index (κ1) is 19.2. The fraction of sp³-hybridized carbons (Fsp3) is 0.471. The van der Waals surface area contributed by atoms with E-state index in [1.165, 1.54) is 0 Å². The zero-order valence-corrected chi connectivity index (χ0v) is 15.5. The molecule has 25 heavy (non-hydrogen) atoms. The SMILES string of the molecule is Cc1c(C(=O)NCC2CNC2)nnn1-c1ccc(OC(C)C)cc1.Cl. The summed E-state index contributed by atoms with van der Waals surface area (Å²) in [4.78, 5) is 12.3. The zero-order valence-electron chi connectivity index (χ0n) is 14.7. The van der Waals surface area contributed by atoms with Crippen LogP contribution in [-0.4, -0.2) is 46.6 Å². The molecule has 0 aliphatic carbocycles. The average molecular weight is 366 g/mol. The lowest BCUT2D eigenvalue weighted by Gasteiger charge is -2.26. The molecule has 136 valence electrons. The predicted molar refractivity (Wildman–Crippen MR) is 97.8 cm³/mol. The number of nitrogens with one attached hydrogen (secondary N) is 2. The van der Waals surface area contributed by atoms with Crippen molar-refractivity contribution in [3.63, 3.8) is 0 Å². The van der Waals surface area contributed by atoms with E-state index in [9.17, 15) is 4.79 Å². The Kier molecular flexibility index (Phi) is 6.39. The molecule has 2 N–H and O–H groups in total. The second-order valence-electron chi connectivity index (χ2n) is 6.33. The number of carbonyl (C=O) groups excluding carboxylic acids is 1. The number of nitrogens with zero attached hydrogens (tertiary/aromatic N) is 3. The van der Waals surface area contributed by atoms with Crippen molar-refractivity contribution in [2.45, 2.75) is 26.9 Å². The molecule has 0 bridgehead atoms. The number of benzene rings is 1. The number of amides is 1. The summed E-state index contributed by atoms with van der Waals surface area (Å²) in [5.74, 6) is 1.14. The predicted octanol–water partition coefficient (Wildman–Crippen LogP) is 1.73. The standard InChI is InChI=1S/C17H23N5O2.ClH/c1-11(2)24-15-6-4-14(5-7-15)22-12(3)16(20-21-22)17(23)19-10-13-8-18-9-13;/h4-7,11,13,18H,8-10H2,1-3H3,(H,19,23);1H. The van der Waals surface area contributed by atoms with Crippen LogP contribution in [0, 0.1) is 12.8 Å². The maximum atomic E-state index is 12.3. The Morgan fingerprint density at radius 2 is 2.04 bits per heavy atom. The minimum Gasteiger partial charge on any atom is -0.491 e. The molecule has 1 amide bonds. The number of rotatable bonds is 6. The monoisotopic (exact) mass is 365 g/mol. The molecular formula is C17H24ClN5O2. The van der Waals surface area contributed by atoms with E-state index >= 15 is 0 Å². The lowest BCUT2D eigenvalue weighted by molar-refractivity contribution is 0.0936. The molecule has 0 unspecified atom stereocenters. The highest BCUT2D eigenvalue weighted by Gasteiger charge is 2.21. The molecule has 0 saturated carbocycles. The molecule has 0 radical (unpaired) electrons. The maximum absolute atomic E-state index is 12.3. The van der Waals surface area contributed by atoms with Crippen molar-refractivity contribution in [1.29, 1.82) is 0 Å². The van der Waals surface area contributed by atoms with Gasteiger partial charge in [-0.3, -0.25) is 4.79 Å². The van der Waals surface area contributed by atoms with Gasteiger partial charge in [0, 0.05) is 25.6 Å². The quantitative estimate of drug-likeness (QED) is 0.814. The Labute approximate surface area is 153 Å². The van der Waals surface area contributed by atoms with Crippen molar-refractivity contribution < 1.29 is 9.53 Å². The Morgan fingerprint density at radius 1 is 1.36 bits per heavy atom. The van der Waals surface area contributed by atoms with E-state index in [4.69, 9.17) is 4.74 Å². The first-order valence-corrected chi connectivity index (χ1v) is 8.23. The molecule has 3 rings (SSSR count).